The van der Waals surface area contributed by atoms with Crippen LogP contribution in [-0.2, 0) is 16.1 Å². The number of benzene rings is 2. The van der Waals surface area contributed by atoms with Crippen LogP contribution in [0.4, 0.5) is 4.39 Å². The van der Waals surface area contributed by atoms with E-state index >= 15 is 0 Å². The van der Waals surface area contributed by atoms with Crippen molar-refractivity contribution >= 4 is 27.7 Å². The van der Waals surface area contributed by atoms with Crippen LogP contribution < -0.4 is 10.1 Å². The van der Waals surface area contributed by atoms with Crippen LogP contribution in [0, 0.1) is 5.82 Å². The van der Waals surface area contributed by atoms with E-state index in [1.165, 1.54) is 11.0 Å². The van der Waals surface area contributed by atoms with E-state index in [1.54, 1.807) is 25.1 Å². The van der Waals surface area contributed by atoms with Gasteiger partial charge >= 0.3 is 0 Å². The normalized spacial score (nSPS) is 11.8. The smallest absolute Gasteiger partial charge is 0.261 e. The van der Waals surface area contributed by atoms with Crippen molar-refractivity contribution in [1.29, 1.82) is 0 Å². The highest BCUT2D eigenvalue weighted by Gasteiger charge is 2.27. The average Bonchev–Trinajstić information content (AvgIpc) is 2.77. The minimum Gasteiger partial charge on any atom is -0.483 e. The van der Waals surface area contributed by atoms with Crippen molar-refractivity contribution in [2.45, 2.75) is 59.0 Å². The molecule has 1 N–H and O–H groups in total. The van der Waals surface area contributed by atoms with Gasteiger partial charge in [0.2, 0.25) is 5.91 Å². The summed E-state index contributed by atoms with van der Waals surface area (Å²) in [4.78, 5) is 27.1. The third-order valence-electron chi connectivity index (χ3n) is 5.27. The molecule has 0 aliphatic heterocycles. The second-order valence-corrected chi connectivity index (χ2v) is 8.92. The van der Waals surface area contributed by atoms with Gasteiger partial charge in [-0.3, -0.25) is 9.59 Å². The van der Waals surface area contributed by atoms with Crippen LogP contribution in [-0.4, -0.2) is 35.9 Å². The van der Waals surface area contributed by atoms with Gasteiger partial charge in [0.15, 0.2) is 6.61 Å². The van der Waals surface area contributed by atoms with E-state index < -0.39 is 17.8 Å². The van der Waals surface area contributed by atoms with Gasteiger partial charge < -0.3 is 15.0 Å². The molecule has 2 aromatic carbocycles. The predicted molar refractivity (Wildman–Crippen MR) is 128 cm³/mol. The van der Waals surface area contributed by atoms with E-state index in [-0.39, 0.29) is 19.1 Å². The monoisotopic (exact) mass is 506 g/mol. The molecule has 0 aliphatic carbocycles. The molecule has 7 heteroatoms. The van der Waals surface area contributed by atoms with Crippen molar-refractivity contribution < 1.29 is 18.7 Å². The molecule has 32 heavy (non-hydrogen) atoms. The molecule has 0 fully saturated rings. The molecule has 0 spiro atoms. The van der Waals surface area contributed by atoms with E-state index in [1.807, 2.05) is 25.1 Å². The second kappa shape index (κ2) is 12.6. The molecule has 0 aromatic heterocycles. The zero-order valence-corrected chi connectivity index (χ0v) is 20.7. The summed E-state index contributed by atoms with van der Waals surface area (Å²) in [7, 11) is 0. The van der Waals surface area contributed by atoms with Gasteiger partial charge in [0.05, 0.1) is 4.47 Å². The van der Waals surface area contributed by atoms with Crippen LogP contribution in [0.5, 0.6) is 5.75 Å². The predicted octanol–water partition coefficient (Wildman–Crippen LogP) is 5.42. The van der Waals surface area contributed by atoms with E-state index in [9.17, 15) is 14.0 Å². The molecule has 0 saturated heterocycles. The number of carbonyl (C=O) groups excluding carboxylic acids is 2. The number of hydrogen-bond donors (Lipinski definition) is 1. The van der Waals surface area contributed by atoms with Gasteiger partial charge in [-0.25, -0.2) is 4.39 Å². The number of nitrogens with zero attached hydrogens (tertiary/aromatic N) is 1. The molecule has 2 rings (SSSR count). The fourth-order valence-corrected chi connectivity index (χ4v) is 3.66. The number of hydrogen-bond acceptors (Lipinski definition) is 3. The Bertz CT molecular complexity index is 920. The first-order valence-corrected chi connectivity index (χ1v) is 11.8. The lowest BCUT2D eigenvalue weighted by Gasteiger charge is -2.29. The fraction of sp³-hybridized carbons (Fsp3) is 0.440. The van der Waals surface area contributed by atoms with Crippen molar-refractivity contribution in [1.82, 2.24) is 10.2 Å². The third-order valence-corrected chi connectivity index (χ3v) is 5.89. The van der Waals surface area contributed by atoms with Crippen LogP contribution in [0.15, 0.2) is 46.9 Å². The molecule has 0 saturated carbocycles. The first kappa shape index (κ1) is 25.8. The summed E-state index contributed by atoms with van der Waals surface area (Å²) in [6.45, 7) is 8.12. The molecule has 1 atom stereocenters. The van der Waals surface area contributed by atoms with E-state index in [2.05, 4.69) is 35.1 Å². The molecular formula is C25H32BrFN2O3. The van der Waals surface area contributed by atoms with Gasteiger partial charge in [0.1, 0.15) is 17.6 Å². The highest BCUT2D eigenvalue weighted by atomic mass is 79.9. The van der Waals surface area contributed by atoms with Gasteiger partial charge in [-0.2, -0.15) is 0 Å². The molecule has 0 unspecified atom stereocenters. The Morgan fingerprint density at radius 2 is 1.88 bits per heavy atom. The van der Waals surface area contributed by atoms with Crippen molar-refractivity contribution in [2.75, 3.05) is 13.2 Å². The van der Waals surface area contributed by atoms with Crippen molar-refractivity contribution in [2.24, 2.45) is 0 Å². The Kier molecular flexibility index (Phi) is 10.2. The number of unbranched alkanes of at least 4 members (excludes halogenated alkanes) is 1. The topological polar surface area (TPSA) is 58.6 Å². The first-order valence-electron chi connectivity index (χ1n) is 11.0. The van der Waals surface area contributed by atoms with Gasteiger partial charge in [0.25, 0.3) is 5.91 Å². The lowest BCUT2D eigenvalue weighted by atomic mass is 10.0. The number of halogens is 2. The Hall–Kier alpha value is -2.41. The molecule has 0 bridgehead atoms. The number of carbonyl (C=O) groups is 2. The van der Waals surface area contributed by atoms with Crippen molar-refractivity contribution in [3.8, 4) is 5.75 Å². The van der Waals surface area contributed by atoms with Crippen LogP contribution in [0.3, 0.4) is 0 Å². The Balaban J connectivity index is 2.15. The SMILES string of the molecule is CCCCNC(=O)[C@@H](C)N(Cc1ccccc1F)C(=O)COc1ccc(C(C)C)cc1Br. The summed E-state index contributed by atoms with van der Waals surface area (Å²) in [5, 5.41) is 2.84. The summed E-state index contributed by atoms with van der Waals surface area (Å²) in [5.41, 5.74) is 1.49. The third kappa shape index (κ3) is 7.33. The summed E-state index contributed by atoms with van der Waals surface area (Å²) < 4.78 is 20.8. The molecule has 2 amide bonds. The molecule has 2 aromatic rings. The summed E-state index contributed by atoms with van der Waals surface area (Å²) >= 11 is 3.49. The summed E-state index contributed by atoms with van der Waals surface area (Å²) in [6.07, 6.45) is 1.80. The molecule has 0 radical (unpaired) electrons. The molecular weight excluding hydrogens is 475 g/mol. The molecule has 0 aliphatic rings. The molecule has 5 nitrogen and oxygen atoms in total. The summed E-state index contributed by atoms with van der Waals surface area (Å²) in [6, 6.07) is 11.2. The Labute approximate surface area is 198 Å². The number of ether oxygens (including phenoxy) is 1. The van der Waals surface area contributed by atoms with Crippen LogP contribution in [0.25, 0.3) is 0 Å². The minimum atomic E-state index is -0.769. The van der Waals surface area contributed by atoms with E-state index in [0.29, 0.717) is 23.8 Å². The number of rotatable bonds is 11. The lowest BCUT2D eigenvalue weighted by molar-refractivity contribution is -0.142. The fourth-order valence-electron chi connectivity index (χ4n) is 3.14. The molecule has 0 heterocycles. The van der Waals surface area contributed by atoms with Crippen molar-refractivity contribution in [3.05, 3.63) is 63.9 Å². The first-order chi connectivity index (χ1) is 15.2. The summed E-state index contributed by atoms with van der Waals surface area (Å²) in [5.74, 6) is -0.187. The lowest BCUT2D eigenvalue weighted by Crippen LogP contribution is -2.49. The maximum Gasteiger partial charge on any atom is 0.261 e. The van der Waals surface area contributed by atoms with Gasteiger partial charge in [-0.05, 0) is 59.0 Å². The second-order valence-electron chi connectivity index (χ2n) is 8.07. The zero-order chi connectivity index (χ0) is 23.7. The largest absolute Gasteiger partial charge is 0.483 e. The Morgan fingerprint density at radius 3 is 2.50 bits per heavy atom. The standard InChI is InChI=1S/C25H32BrFN2O3/c1-5-6-13-28-25(31)18(4)29(15-20-9-7-8-10-22(20)27)24(30)16-32-23-12-11-19(17(2)3)14-21(23)26/h7-12,14,17-18H,5-6,13,15-16H2,1-4H3,(H,28,31)/t18-/m1/s1. The zero-order valence-electron chi connectivity index (χ0n) is 19.2. The van der Waals surface area contributed by atoms with E-state index in [4.69, 9.17) is 4.74 Å². The highest BCUT2D eigenvalue weighted by molar-refractivity contribution is 9.10. The van der Waals surface area contributed by atoms with Crippen LogP contribution >= 0.6 is 15.9 Å². The van der Waals surface area contributed by atoms with Gasteiger partial charge in [-0.15, -0.1) is 0 Å². The highest BCUT2D eigenvalue weighted by Crippen LogP contribution is 2.29. The minimum absolute atomic E-state index is 0.0231. The quantitative estimate of drug-likeness (QED) is 0.413. The maximum atomic E-state index is 14.3. The van der Waals surface area contributed by atoms with Crippen LogP contribution in [0.2, 0.25) is 0 Å². The number of amides is 2. The molecule has 174 valence electrons. The van der Waals surface area contributed by atoms with Gasteiger partial charge in [0, 0.05) is 18.7 Å². The van der Waals surface area contributed by atoms with Crippen molar-refractivity contribution in [3.63, 3.8) is 0 Å². The van der Waals surface area contributed by atoms with E-state index in [0.717, 1.165) is 22.9 Å². The average molecular weight is 507 g/mol. The van der Waals surface area contributed by atoms with Gasteiger partial charge in [-0.1, -0.05) is 51.5 Å². The maximum absolute atomic E-state index is 14.3. The number of nitrogens with one attached hydrogen (secondary N) is 1. The van der Waals surface area contributed by atoms with Crippen LogP contribution in [0.1, 0.15) is 57.6 Å². The Morgan fingerprint density at radius 1 is 1.16 bits per heavy atom.